The van der Waals surface area contributed by atoms with Gasteiger partial charge in [0.1, 0.15) is 17.3 Å². The maximum atomic E-state index is 13.9. The molecule has 162 valence electrons. The van der Waals surface area contributed by atoms with Crippen LogP contribution in [0.15, 0.2) is 42.5 Å². The van der Waals surface area contributed by atoms with E-state index in [2.05, 4.69) is 10.1 Å². The highest BCUT2D eigenvalue weighted by Gasteiger charge is 2.66. The van der Waals surface area contributed by atoms with Crippen molar-refractivity contribution in [2.45, 2.75) is 11.9 Å². The van der Waals surface area contributed by atoms with Crippen molar-refractivity contribution in [1.82, 2.24) is 5.32 Å². The average Bonchev–Trinajstić information content (AvgIpc) is 2.67. The number of carbonyl (C=O) groups is 2. The fourth-order valence-electron chi connectivity index (χ4n) is 2.28. The van der Waals surface area contributed by atoms with Crippen LogP contribution in [0.3, 0.4) is 0 Å². The topological polar surface area (TPSA) is 85.9 Å². The molecule has 1 atom stereocenters. The Balaban J connectivity index is 2.41. The molecule has 0 fully saturated rings. The number of anilines is 1. The smallest absolute Gasteiger partial charge is 0.460 e. The van der Waals surface area contributed by atoms with E-state index in [1.165, 1.54) is 30.6 Å². The number of methoxy groups -OCH3 is 2. The third-order valence-electron chi connectivity index (χ3n) is 3.66. The molecule has 2 aromatic carbocycles. The van der Waals surface area contributed by atoms with Crippen LogP contribution in [0.5, 0.6) is 11.5 Å². The number of rotatable bonds is 6. The van der Waals surface area contributed by atoms with E-state index in [0.717, 1.165) is 24.3 Å². The molecule has 0 bridgehead atoms. The molecule has 0 aliphatic carbocycles. The molecule has 0 spiro atoms. The van der Waals surface area contributed by atoms with Gasteiger partial charge in [0.05, 0.1) is 19.9 Å². The Bertz CT molecular complexity index is 924. The number of hydrogen-bond acceptors (Lipinski definition) is 5. The Morgan fingerprint density at radius 3 is 2.20 bits per heavy atom. The highest BCUT2D eigenvalue weighted by atomic mass is 35.5. The molecule has 30 heavy (non-hydrogen) atoms. The van der Waals surface area contributed by atoms with E-state index in [-0.39, 0.29) is 16.5 Å². The lowest BCUT2D eigenvalue weighted by Gasteiger charge is -2.33. The van der Waals surface area contributed by atoms with Gasteiger partial charge in [-0.15, -0.1) is 0 Å². The number of halogens is 5. The quantitative estimate of drug-likeness (QED) is 0.393. The van der Waals surface area contributed by atoms with E-state index in [1.807, 2.05) is 0 Å². The van der Waals surface area contributed by atoms with Crippen molar-refractivity contribution in [3.63, 3.8) is 0 Å². The number of hydrogen-bond donors (Lipinski definition) is 2. The first kappa shape index (κ1) is 23.1. The molecule has 2 aromatic rings. The second-order valence-electron chi connectivity index (χ2n) is 5.65. The monoisotopic (exact) mass is 450 g/mol. The third-order valence-corrected chi connectivity index (χ3v) is 3.89. The molecular formula is C18H15ClF4N2O5. The van der Waals surface area contributed by atoms with Gasteiger partial charge < -0.3 is 19.5 Å². The summed E-state index contributed by atoms with van der Waals surface area (Å²) in [5.74, 6) is -3.19. The SMILES string of the molecule is COC(=O)[C@](NC(=O)Nc1cc(Cl)ccc1OC)(Oc1ccc(F)cc1)C(F)(F)F. The first-order valence-electron chi connectivity index (χ1n) is 8.05. The van der Waals surface area contributed by atoms with E-state index in [0.29, 0.717) is 7.11 Å². The number of alkyl halides is 3. The van der Waals surface area contributed by atoms with E-state index < -0.39 is 35.5 Å². The van der Waals surface area contributed by atoms with Crippen molar-refractivity contribution >= 4 is 29.3 Å². The summed E-state index contributed by atoms with van der Waals surface area (Å²) < 4.78 is 68.7. The fraction of sp³-hybridized carbons (Fsp3) is 0.222. The maximum absolute atomic E-state index is 13.9. The zero-order chi connectivity index (χ0) is 22.5. The van der Waals surface area contributed by atoms with Gasteiger partial charge in [-0.3, -0.25) is 5.32 Å². The number of ether oxygens (including phenoxy) is 3. The lowest BCUT2D eigenvalue weighted by atomic mass is 10.2. The summed E-state index contributed by atoms with van der Waals surface area (Å²) in [5, 5.41) is 3.69. The molecule has 0 heterocycles. The van der Waals surface area contributed by atoms with E-state index in [1.54, 1.807) is 0 Å². The highest BCUT2D eigenvalue weighted by molar-refractivity contribution is 6.31. The molecule has 0 saturated heterocycles. The summed E-state index contributed by atoms with van der Waals surface area (Å²) in [5.41, 5.74) is -4.01. The molecule has 0 aromatic heterocycles. The summed E-state index contributed by atoms with van der Waals surface area (Å²) >= 11 is 5.82. The Morgan fingerprint density at radius 1 is 1.03 bits per heavy atom. The molecule has 2 amide bonds. The van der Waals surface area contributed by atoms with Crippen LogP contribution in [0.2, 0.25) is 5.02 Å². The lowest BCUT2D eigenvalue weighted by molar-refractivity contribution is -0.258. The van der Waals surface area contributed by atoms with Gasteiger partial charge in [0.15, 0.2) is 0 Å². The Labute approximate surface area is 172 Å². The number of benzene rings is 2. The Kier molecular flexibility index (Phi) is 6.98. The summed E-state index contributed by atoms with van der Waals surface area (Å²) in [6, 6.07) is 5.83. The van der Waals surface area contributed by atoms with Crippen LogP contribution in [0.4, 0.5) is 28.0 Å². The van der Waals surface area contributed by atoms with Crippen molar-refractivity contribution in [2.75, 3.05) is 19.5 Å². The van der Waals surface area contributed by atoms with Crippen LogP contribution in [0, 0.1) is 5.82 Å². The van der Waals surface area contributed by atoms with Crippen LogP contribution >= 0.6 is 11.6 Å². The third kappa shape index (κ3) is 5.03. The van der Waals surface area contributed by atoms with Crippen LogP contribution in [-0.2, 0) is 9.53 Å². The predicted molar refractivity (Wildman–Crippen MR) is 98.0 cm³/mol. The number of amides is 2. The highest BCUT2D eigenvalue weighted by Crippen LogP contribution is 2.35. The molecule has 0 radical (unpaired) electrons. The summed E-state index contributed by atoms with van der Waals surface area (Å²) in [6.07, 6.45) is -5.47. The molecule has 2 N–H and O–H groups in total. The molecule has 0 unspecified atom stereocenters. The summed E-state index contributed by atoms with van der Waals surface area (Å²) in [4.78, 5) is 24.4. The van der Waals surface area contributed by atoms with Gasteiger partial charge in [-0.1, -0.05) is 11.6 Å². The van der Waals surface area contributed by atoms with Gasteiger partial charge in [0.25, 0.3) is 0 Å². The zero-order valence-corrected chi connectivity index (χ0v) is 16.2. The van der Waals surface area contributed by atoms with Crippen LogP contribution < -0.4 is 20.1 Å². The predicted octanol–water partition coefficient (Wildman–Crippen LogP) is 4.12. The first-order chi connectivity index (χ1) is 14.0. The largest absolute Gasteiger partial charge is 0.495 e. The van der Waals surface area contributed by atoms with Crippen LogP contribution in [-0.4, -0.2) is 38.1 Å². The number of carbonyl (C=O) groups excluding carboxylic acids is 2. The zero-order valence-electron chi connectivity index (χ0n) is 15.5. The van der Waals surface area contributed by atoms with Crippen molar-refractivity contribution in [2.24, 2.45) is 0 Å². The molecule has 0 aliphatic heterocycles. The standard InChI is InChI=1S/C18H15ClF4N2O5/c1-28-14-8-3-10(19)9-13(14)24-16(27)25-17(15(26)29-2,18(21,22)23)30-12-6-4-11(20)5-7-12/h3-9H,1-2H3,(H2,24,25,27)/t17-/m0/s1. The summed E-state index contributed by atoms with van der Waals surface area (Å²) in [6.45, 7) is 0. The molecule has 0 saturated carbocycles. The van der Waals surface area contributed by atoms with Crippen molar-refractivity contribution < 1.29 is 41.4 Å². The van der Waals surface area contributed by atoms with Crippen LogP contribution in [0.1, 0.15) is 0 Å². The first-order valence-corrected chi connectivity index (χ1v) is 8.42. The Morgan fingerprint density at radius 2 is 1.67 bits per heavy atom. The molecule has 12 heteroatoms. The van der Waals surface area contributed by atoms with Crippen molar-refractivity contribution in [3.05, 3.63) is 53.3 Å². The van der Waals surface area contributed by atoms with E-state index in [4.69, 9.17) is 21.1 Å². The number of urea groups is 1. The normalized spacial score (nSPS) is 13.0. The lowest BCUT2D eigenvalue weighted by Crippen LogP contribution is -2.68. The summed E-state index contributed by atoms with van der Waals surface area (Å²) in [7, 11) is 1.94. The van der Waals surface area contributed by atoms with Gasteiger partial charge in [-0.25, -0.2) is 14.0 Å². The van der Waals surface area contributed by atoms with E-state index >= 15 is 0 Å². The second kappa shape index (κ2) is 9.08. The Hall–Kier alpha value is -3.21. The minimum atomic E-state index is -5.47. The molecule has 2 rings (SSSR count). The molecule has 7 nitrogen and oxygen atoms in total. The number of nitrogens with one attached hydrogen (secondary N) is 2. The minimum absolute atomic E-state index is 0.0785. The van der Waals surface area contributed by atoms with Crippen molar-refractivity contribution in [1.29, 1.82) is 0 Å². The molecular weight excluding hydrogens is 436 g/mol. The van der Waals surface area contributed by atoms with Crippen LogP contribution in [0.25, 0.3) is 0 Å². The van der Waals surface area contributed by atoms with Gasteiger partial charge in [-0.2, -0.15) is 13.2 Å². The number of esters is 1. The van der Waals surface area contributed by atoms with Gasteiger partial charge in [-0.05, 0) is 42.5 Å². The van der Waals surface area contributed by atoms with E-state index in [9.17, 15) is 27.2 Å². The minimum Gasteiger partial charge on any atom is -0.495 e. The van der Waals surface area contributed by atoms with Gasteiger partial charge >= 0.3 is 23.9 Å². The second-order valence-corrected chi connectivity index (χ2v) is 6.09. The fourth-order valence-corrected chi connectivity index (χ4v) is 2.45. The average molecular weight is 451 g/mol. The van der Waals surface area contributed by atoms with Gasteiger partial charge in [0.2, 0.25) is 0 Å². The molecule has 0 aliphatic rings. The maximum Gasteiger partial charge on any atom is 0.460 e. The van der Waals surface area contributed by atoms with Gasteiger partial charge in [0, 0.05) is 5.02 Å². The van der Waals surface area contributed by atoms with Crippen molar-refractivity contribution in [3.8, 4) is 11.5 Å².